The van der Waals surface area contributed by atoms with Crippen LogP contribution in [-0.2, 0) is 4.79 Å². The molecule has 3 rings (SSSR count). The standard InChI is InChI=1S/C15H11BrF3N3OS/c16-12-4-10(9-1-2-24-7-9)3-11(5-12)14-20-6-13(23)22(21-14)8-15(17,18)19/h1-5,7H,6,8H2,(H,20,21). The third kappa shape index (κ3) is 3.96. The molecular formula is C15H11BrF3N3OS. The summed E-state index contributed by atoms with van der Waals surface area (Å²) in [5.74, 6) is -0.485. The summed E-state index contributed by atoms with van der Waals surface area (Å²) in [5.41, 5.74) is 4.98. The Morgan fingerprint density at radius 2 is 2.00 bits per heavy atom. The predicted octanol–water partition coefficient (Wildman–Crippen LogP) is 3.83. The van der Waals surface area contributed by atoms with Crippen LogP contribution in [0.4, 0.5) is 13.2 Å². The Morgan fingerprint density at radius 1 is 1.25 bits per heavy atom. The van der Waals surface area contributed by atoms with Crippen LogP contribution in [0.1, 0.15) is 5.56 Å². The van der Waals surface area contributed by atoms with Gasteiger partial charge in [-0.25, -0.2) is 5.01 Å². The Bertz CT molecular complexity index is 790. The van der Waals surface area contributed by atoms with Gasteiger partial charge in [0.2, 0.25) is 0 Å². The molecule has 0 radical (unpaired) electrons. The highest BCUT2D eigenvalue weighted by Gasteiger charge is 2.35. The highest BCUT2D eigenvalue weighted by molar-refractivity contribution is 9.10. The van der Waals surface area contributed by atoms with Crippen LogP contribution in [0.3, 0.4) is 0 Å². The first-order valence-corrected chi connectivity index (χ1v) is 8.57. The lowest BCUT2D eigenvalue weighted by molar-refractivity contribution is -0.164. The van der Waals surface area contributed by atoms with Crippen molar-refractivity contribution in [3.8, 4) is 11.1 Å². The number of carbonyl (C=O) groups is 1. The average molecular weight is 418 g/mol. The van der Waals surface area contributed by atoms with Gasteiger partial charge in [0.15, 0.2) is 0 Å². The van der Waals surface area contributed by atoms with E-state index in [0.717, 1.165) is 15.6 Å². The van der Waals surface area contributed by atoms with Gasteiger partial charge in [-0.15, -0.1) is 0 Å². The van der Waals surface area contributed by atoms with Gasteiger partial charge in [0.05, 0.1) is 0 Å². The molecule has 0 spiro atoms. The van der Waals surface area contributed by atoms with E-state index in [9.17, 15) is 18.0 Å². The number of halogens is 4. The summed E-state index contributed by atoms with van der Waals surface area (Å²) in [6.45, 7) is -1.69. The van der Waals surface area contributed by atoms with Crippen molar-refractivity contribution in [2.75, 3.05) is 13.1 Å². The molecule has 4 nitrogen and oxygen atoms in total. The monoisotopic (exact) mass is 417 g/mol. The van der Waals surface area contributed by atoms with Crippen molar-refractivity contribution in [2.24, 2.45) is 4.99 Å². The Hall–Kier alpha value is -1.87. The number of amidine groups is 1. The summed E-state index contributed by atoms with van der Waals surface area (Å²) in [6, 6.07) is 7.42. The Kier molecular flexibility index (Phi) is 4.64. The first-order valence-electron chi connectivity index (χ1n) is 6.83. The topological polar surface area (TPSA) is 44.7 Å². The molecule has 0 saturated carbocycles. The fourth-order valence-electron chi connectivity index (χ4n) is 2.24. The molecule has 0 fully saturated rings. The average Bonchev–Trinajstić information content (AvgIpc) is 3.02. The van der Waals surface area contributed by atoms with Crippen molar-refractivity contribution in [3.05, 3.63) is 45.1 Å². The van der Waals surface area contributed by atoms with Crippen molar-refractivity contribution >= 4 is 39.0 Å². The van der Waals surface area contributed by atoms with Crippen LogP contribution in [-0.4, -0.2) is 36.0 Å². The van der Waals surface area contributed by atoms with Gasteiger partial charge in [-0.05, 0) is 46.2 Å². The first-order chi connectivity index (χ1) is 11.3. The van der Waals surface area contributed by atoms with E-state index >= 15 is 0 Å². The maximum absolute atomic E-state index is 12.6. The number of nitrogens with one attached hydrogen (secondary N) is 1. The zero-order valence-corrected chi connectivity index (χ0v) is 14.5. The van der Waals surface area contributed by atoms with Crippen molar-refractivity contribution in [1.29, 1.82) is 0 Å². The minimum Gasteiger partial charge on any atom is -0.279 e. The molecule has 1 aromatic carbocycles. The Balaban J connectivity index is 1.90. The molecule has 1 amide bonds. The SMILES string of the molecule is O=C1CN=C(c2cc(Br)cc(-c3ccsc3)c2)NN1CC(F)(F)F. The van der Waals surface area contributed by atoms with E-state index in [1.807, 2.05) is 29.0 Å². The fraction of sp³-hybridized carbons (Fsp3) is 0.200. The van der Waals surface area contributed by atoms with E-state index in [-0.39, 0.29) is 12.4 Å². The second-order valence-corrected chi connectivity index (χ2v) is 6.81. The maximum Gasteiger partial charge on any atom is 0.408 e. The summed E-state index contributed by atoms with van der Waals surface area (Å²) in [5, 5.41) is 4.46. The smallest absolute Gasteiger partial charge is 0.279 e. The van der Waals surface area contributed by atoms with E-state index in [0.29, 0.717) is 10.6 Å². The number of aliphatic imine (C=N–C) groups is 1. The number of hydrogen-bond acceptors (Lipinski definition) is 4. The van der Waals surface area contributed by atoms with Gasteiger partial charge in [0, 0.05) is 10.0 Å². The highest BCUT2D eigenvalue weighted by atomic mass is 79.9. The van der Waals surface area contributed by atoms with E-state index < -0.39 is 18.6 Å². The molecule has 0 unspecified atom stereocenters. The molecule has 1 aliphatic heterocycles. The van der Waals surface area contributed by atoms with Gasteiger partial charge in [-0.1, -0.05) is 15.9 Å². The number of nitrogens with zero attached hydrogens (tertiary/aromatic N) is 2. The van der Waals surface area contributed by atoms with Gasteiger partial charge < -0.3 is 0 Å². The zero-order chi connectivity index (χ0) is 17.3. The molecule has 0 atom stereocenters. The lowest BCUT2D eigenvalue weighted by Crippen LogP contribution is -2.54. The molecular weight excluding hydrogens is 407 g/mol. The third-order valence-corrected chi connectivity index (χ3v) is 4.42. The van der Waals surface area contributed by atoms with E-state index in [1.54, 1.807) is 17.4 Å². The number of amides is 1. The zero-order valence-electron chi connectivity index (χ0n) is 12.1. The normalized spacial score (nSPS) is 15.2. The molecule has 126 valence electrons. The molecule has 0 bridgehead atoms. The number of thiophene rings is 1. The Labute approximate surface area is 148 Å². The number of carbonyl (C=O) groups excluding carboxylic acids is 1. The van der Waals surface area contributed by atoms with Crippen LogP contribution in [0.25, 0.3) is 11.1 Å². The summed E-state index contributed by atoms with van der Waals surface area (Å²) in [7, 11) is 0. The summed E-state index contributed by atoms with van der Waals surface area (Å²) >= 11 is 4.95. The number of benzene rings is 1. The van der Waals surface area contributed by atoms with Crippen molar-refractivity contribution in [2.45, 2.75) is 6.18 Å². The molecule has 1 N–H and O–H groups in total. The van der Waals surface area contributed by atoms with Crippen molar-refractivity contribution in [1.82, 2.24) is 10.4 Å². The summed E-state index contributed by atoms with van der Waals surface area (Å²) in [6.07, 6.45) is -4.48. The van der Waals surface area contributed by atoms with E-state index in [2.05, 4.69) is 26.3 Å². The van der Waals surface area contributed by atoms with Crippen LogP contribution in [0.15, 0.2) is 44.5 Å². The minimum absolute atomic E-state index is 0.233. The lowest BCUT2D eigenvalue weighted by atomic mass is 10.1. The van der Waals surface area contributed by atoms with Crippen LogP contribution in [0, 0.1) is 0 Å². The molecule has 24 heavy (non-hydrogen) atoms. The van der Waals surface area contributed by atoms with E-state index in [1.165, 1.54) is 0 Å². The quantitative estimate of drug-likeness (QED) is 0.824. The third-order valence-electron chi connectivity index (χ3n) is 3.28. The van der Waals surface area contributed by atoms with Crippen molar-refractivity contribution < 1.29 is 18.0 Å². The number of alkyl halides is 3. The van der Waals surface area contributed by atoms with Crippen LogP contribution in [0.2, 0.25) is 0 Å². The molecule has 2 heterocycles. The fourth-order valence-corrected chi connectivity index (χ4v) is 3.40. The second-order valence-electron chi connectivity index (χ2n) is 5.11. The molecule has 9 heteroatoms. The van der Waals surface area contributed by atoms with Crippen molar-refractivity contribution in [3.63, 3.8) is 0 Å². The van der Waals surface area contributed by atoms with E-state index in [4.69, 9.17) is 0 Å². The van der Waals surface area contributed by atoms with Crippen LogP contribution >= 0.6 is 27.3 Å². The van der Waals surface area contributed by atoms with Gasteiger partial charge >= 0.3 is 6.18 Å². The van der Waals surface area contributed by atoms with Gasteiger partial charge in [0.1, 0.15) is 18.9 Å². The molecule has 1 aromatic heterocycles. The Morgan fingerprint density at radius 3 is 2.67 bits per heavy atom. The number of hydrazine groups is 1. The highest BCUT2D eigenvalue weighted by Crippen LogP contribution is 2.27. The first kappa shape index (κ1) is 17.0. The summed E-state index contributed by atoms with van der Waals surface area (Å²) in [4.78, 5) is 15.7. The molecule has 0 aliphatic carbocycles. The van der Waals surface area contributed by atoms with Gasteiger partial charge in [-0.2, -0.15) is 24.5 Å². The molecule has 2 aromatic rings. The molecule has 1 aliphatic rings. The van der Waals surface area contributed by atoms with Gasteiger partial charge in [-0.3, -0.25) is 15.2 Å². The van der Waals surface area contributed by atoms with Gasteiger partial charge in [0.25, 0.3) is 5.91 Å². The van der Waals surface area contributed by atoms with Crippen LogP contribution < -0.4 is 5.43 Å². The summed E-state index contributed by atoms with van der Waals surface area (Å²) < 4.78 is 38.5. The number of rotatable bonds is 3. The lowest BCUT2D eigenvalue weighted by Gasteiger charge is -2.29. The maximum atomic E-state index is 12.6. The minimum atomic E-state index is -4.48. The largest absolute Gasteiger partial charge is 0.408 e. The predicted molar refractivity (Wildman–Crippen MR) is 89.8 cm³/mol. The molecule has 0 saturated heterocycles. The number of hydrogen-bond donors (Lipinski definition) is 1. The van der Waals surface area contributed by atoms with Crippen LogP contribution in [0.5, 0.6) is 0 Å². The second kappa shape index (κ2) is 6.56.